The molecule has 0 unspecified atom stereocenters. The first-order valence-electron chi connectivity index (χ1n) is 10.6. The molecule has 2 aliphatic rings. The molecule has 1 fully saturated rings. The Morgan fingerprint density at radius 2 is 1.94 bits per heavy atom. The number of ether oxygens (including phenoxy) is 3. The molecule has 3 aromatic rings. The number of aromatic nitrogens is 2. The fourth-order valence-electron chi connectivity index (χ4n) is 4.28. The summed E-state index contributed by atoms with van der Waals surface area (Å²) in [6.45, 7) is 6.14. The predicted octanol–water partition coefficient (Wildman–Crippen LogP) is 2.59. The molecule has 2 aliphatic heterocycles. The molecule has 0 bridgehead atoms. The van der Waals surface area contributed by atoms with Crippen LogP contribution in [0.3, 0.4) is 0 Å². The van der Waals surface area contributed by atoms with Crippen LogP contribution >= 0.6 is 0 Å². The van der Waals surface area contributed by atoms with Crippen LogP contribution in [0, 0.1) is 0 Å². The third kappa shape index (κ3) is 3.57. The summed E-state index contributed by atoms with van der Waals surface area (Å²) in [4.78, 5) is 22.4. The zero-order valence-corrected chi connectivity index (χ0v) is 17.8. The molecule has 5 rings (SSSR count). The maximum Gasteiger partial charge on any atom is 0.272 e. The molecule has 2 aromatic heterocycles. The first-order valence-corrected chi connectivity index (χ1v) is 10.6. The maximum absolute atomic E-state index is 13.4. The fraction of sp³-hybridized carbons (Fsp3) is 0.391. The van der Waals surface area contributed by atoms with Crippen molar-refractivity contribution in [3.05, 3.63) is 53.5 Å². The largest absolute Gasteiger partial charge is 0.493 e. The highest BCUT2D eigenvalue weighted by molar-refractivity contribution is 5.95. The molecular weight excluding hydrogens is 396 g/mol. The Balaban J connectivity index is 1.29. The Morgan fingerprint density at radius 3 is 2.71 bits per heavy atom. The molecule has 4 heterocycles. The van der Waals surface area contributed by atoms with E-state index in [2.05, 4.69) is 16.0 Å². The molecule has 31 heavy (non-hydrogen) atoms. The van der Waals surface area contributed by atoms with Gasteiger partial charge < -0.3 is 19.1 Å². The number of piperazine rings is 1. The second kappa shape index (κ2) is 8.11. The Bertz CT molecular complexity index is 1120. The van der Waals surface area contributed by atoms with Crippen LogP contribution in [0.25, 0.3) is 5.65 Å². The van der Waals surface area contributed by atoms with E-state index >= 15 is 0 Å². The Labute approximate surface area is 180 Å². The van der Waals surface area contributed by atoms with E-state index in [4.69, 9.17) is 14.2 Å². The zero-order valence-electron chi connectivity index (χ0n) is 17.8. The minimum atomic E-state index is 0.0281. The van der Waals surface area contributed by atoms with E-state index in [-0.39, 0.29) is 12.7 Å². The Kier molecular flexibility index (Phi) is 5.15. The maximum atomic E-state index is 13.4. The number of pyridine rings is 1. The minimum absolute atomic E-state index is 0.0281. The summed E-state index contributed by atoms with van der Waals surface area (Å²) in [5.41, 5.74) is 3.32. The van der Waals surface area contributed by atoms with E-state index < -0.39 is 0 Å². The molecule has 8 heteroatoms. The van der Waals surface area contributed by atoms with E-state index in [0.29, 0.717) is 36.6 Å². The van der Waals surface area contributed by atoms with Gasteiger partial charge in [-0.3, -0.25) is 14.1 Å². The lowest BCUT2D eigenvalue weighted by atomic mass is 10.1. The van der Waals surface area contributed by atoms with Crippen LogP contribution in [0.5, 0.6) is 17.2 Å². The van der Waals surface area contributed by atoms with E-state index in [1.54, 1.807) is 7.11 Å². The van der Waals surface area contributed by atoms with Gasteiger partial charge in [0.05, 0.1) is 12.8 Å². The molecule has 0 aliphatic carbocycles. The fourth-order valence-corrected chi connectivity index (χ4v) is 4.28. The zero-order chi connectivity index (χ0) is 21.4. The standard InChI is InChI=1S/C23H26N4O4/c1-3-17-21(27-8-4-5-19(29-2)22(27)24-17)23(28)26-11-9-25(10-12-26)14-16-6-7-18-20(13-16)31-15-30-18/h4-8,13H,3,9-12,14-15H2,1-2H3. The number of nitrogens with zero attached hydrogens (tertiary/aromatic N) is 4. The summed E-state index contributed by atoms with van der Waals surface area (Å²) in [5, 5.41) is 0. The average molecular weight is 422 g/mol. The monoisotopic (exact) mass is 422 g/mol. The Hall–Kier alpha value is -3.26. The second-order valence-electron chi connectivity index (χ2n) is 7.79. The smallest absolute Gasteiger partial charge is 0.272 e. The van der Waals surface area contributed by atoms with Crippen LogP contribution in [0.4, 0.5) is 0 Å². The number of amides is 1. The van der Waals surface area contributed by atoms with Crippen LogP contribution in [0.15, 0.2) is 36.5 Å². The highest BCUT2D eigenvalue weighted by atomic mass is 16.7. The van der Waals surface area contributed by atoms with Gasteiger partial charge in [0.25, 0.3) is 5.91 Å². The lowest BCUT2D eigenvalue weighted by Gasteiger charge is -2.34. The van der Waals surface area contributed by atoms with E-state index in [1.165, 1.54) is 5.56 Å². The van der Waals surface area contributed by atoms with Crippen LogP contribution in [0.1, 0.15) is 28.7 Å². The summed E-state index contributed by atoms with van der Waals surface area (Å²) in [6, 6.07) is 9.82. The first-order chi connectivity index (χ1) is 15.2. The van der Waals surface area contributed by atoms with Crippen molar-refractivity contribution in [2.45, 2.75) is 19.9 Å². The van der Waals surface area contributed by atoms with Gasteiger partial charge in [0.1, 0.15) is 5.69 Å². The third-order valence-corrected chi connectivity index (χ3v) is 5.95. The van der Waals surface area contributed by atoms with Gasteiger partial charge >= 0.3 is 0 Å². The number of fused-ring (bicyclic) bond motifs is 2. The molecular formula is C23H26N4O4. The molecule has 0 atom stereocenters. The number of hydrogen-bond donors (Lipinski definition) is 0. The summed E-state index contributed by atoms with van der Waals surface area (Å²) >= 11 is 0. The predicted molar refractivity (Wildman–Crippen MR) is 115 cm³/mol. The van der Waals surface area contributed by atoms with Gasteiger partial charge in [-0.05, 0) is 36.2 Å². The molecule has 1 aromatic carbocycles. The molecule has 1 saturated heterocycles. The Morgan fingerprint density at radius 1 is 1.13 bits per heavy atom. The quantitative estimate of drug-likeness (QED) is 0.630. The highest BCUT2D eigenvalue weighted by Gasteiger charge is 2.28. The van der Waals surface area contributed by atoms with Gasteiger partial charge in [-0.1, -0.05) is 13.0 Å². The van der Waals surface area contributed by atoms with Crippen LogP contribution in [-0.4, -0.2) is 65.2 Å². The van der Waals surface area contributed by atoms with Crippen LogP contribution < -0.4 is 14.2 Å². The number of benzene rings is 1. The lowest BCUT2D eigenvalue weighted by Crippen LogP contribution is -2.48. The number of aryl methyl sites for hydroxylation is 1. The van der Waals surface area contributed by atoms with Crippen LogP contribution in [0.2, 0.25) is 0 Å². The number of carbonyl (C=O) groups excluding carboxylic acids is 1. The van der Waals surface area contributed by atoms with Gasteiger partial charge in [-0.15, -0.1) is 0 Å². The summed E-state index contributed by atoms with van der Waals surface area (Å²) in [7, 11) is 1.62. The number of hydrogen-bond acceptors (Lipinski definition) is 6. The number of methoxy groups -OCH3 is 1. The normalized spacial score (nSPS) is 16.1. The van der Waals surface area contributed by atoms with Gasteiger partial charge in [0.15, 0.2) is 22.9 Å². The summed E-state index contributed by atoms with van der Waals surface area (Å²) in [6.07, 6.45) is 2.57. The SMILES string of the molecule is CCc1nc2c(OC)cccn2c1C(=O)N1CCN(Cc2ccc3c(c2)OCO3)CC1. The molecule has 0 radical (unpaired) electrons. The van der Waals surface area contributed by atoms with E-state index in [1.807, 2.05) is 46.7 Å². The third-order valence-electron chi connectivity index (χ3n) is 5.95. The second-order valence-corrected chi connectivity index (χ2v) is 7.79. The first kappa shape index (κ1) is 19.7. The molecule has 0 N–H and O–H groups in total. The topological polar surface area (TPSA) is 68.5 Å². The van der Waals surface area contributed by atoms with Crippen molar-refractivity contribution in [3.8, 4) is 17.2 Å². The van der Waals surface area contributed by atoms with Gasteiger partial charge in [-0.2, -0.15) is 0 Å². The van der Waals surface area contributed by atoms with E-state index in [0.717, 1.165) is 36.8 Å². The summed E-state index contributed by atoms with van der Waals surface area (Å²) < 4.78 is 18.2. The highest BCUT2D eigenvalue weighted by Crippen LogP contribution is 2.33. The summed E-state index contributed by atoms with van der Waals surface area (Å²) in [5.74, 6) is 2.31. The lowest BCUT2D eigenvalue weighted by molar-refractivity contribution is 0.0620. The van der Waals surface area contributed by atoms with Crippen molar-refractivity contribution >= 4 is 11.6 Å². The van der Waals surface area contributed by atoms with Crippen molar-refractivity contribution in [1.29, 1.82) is 0 Å². The van der Waals surface area contributed by atoms with Crippen molar-refractivity contribution in [3.63, 3.8) is 0 Å². The van der Waals surface area contributed by atoms with Crippen LogP contribution in [-0.2, 0) is 13.0 Å². The van der Waals surface area contributed by atoms with Gasteiger partial charge in [-0.25, -0.2) is 4.98 Å². The molecule has 8 nitrogen and oxygen atoms in total. The van der Waals surface area contributed by atoms with Gasteiger partial charge in [0.2, 0.25) is 6.79 Å². The molecule has 162 valence electrons. The number of rotatable bonds is 5. The van der Waals surface area contributed by atoms with Gasteiger partial charge in [0, 0.05) is 38.9 Å². The van der Waals surface area contributed by atoms with Crippen molar-refractivity contribution < 1.29 is 19.0 Å². The molecule has 1 amide bonds. The van der Waals surface area contributed by atoms with Crippen molar-refractivity contribution in [1.82, 2.24) is 19.2 Å². The minimum Gasteiger partial charge on any atom is -0.493 e. The molecule has 0 spiro atoms. The molecule has 0 saturated carbocycles. The van der Waals surface area contributed by atoms with Crippen molar-refractivity contribution in [2.75, 3.05) is 40.1 Å². The van der Waals surface area contributed by atoms with Crippen molar-refractivity contribution in [2.24, 2.45) is 0 Å². The number of carbonyl (C=O) groups is 1. The van der Waals surface area contributed by atoms with E-state index in [9.17, 15) is 4.79 Å². The average Bonchev–Trinajstić information content (AvgIpc) is 3.42. The number of imidazole rings is 1.